The van der Waals surface area contributed by atoms with Crippen molar-refractivity contribution in [3.8, 4) is 0 Å². The van der Waals surface area contributed by atoms with Gasteiger partial charge in [0.2, 0.25) is 0 Å². The zero-order chi connectivity index (χ0) is 8.65. The average Bonchev–Trinajstić information content (AvgIpc) is 2.57. The summed E-state index contributed by atoms with van der Waals surface area (Å²) in [6.45, 7) is 5.60. The van der Waals surface area contributed by atoms with E-state index in [1.54, 1.807) is 11.3 Å². The van der Waals surface area contributed by atoms with Crippen LogP contribution in [0, 0.1) is 0 Å². The molecule has 0 amide bonds. The summed E-state index contributed by atoms with van der Waals surface area (Å²) in [5.41, 5.74) is 0. The molecule has 0 unspecified atom stereocenters. The largest absolute Gasteiger partial charge is 0.312 e. The molecule has 0 radical (unpaired) electrons. The molecule has 0 atom stereocenters. The molecule has 1 rings (SSSR count). The summed E-state index contributed by atoms with van der Waals surface area (Å²) in [6, 6.07) is 4.24. The molecule has 0 bridgehead atoms. The Morgan fingerprint density at radius 1 is 1.67 bits per heavy atom. The first kappa shape index (κ1) is 9.84. The van der Waals surface area contributed by atoms with Crippen LogP contribution < -0.4 is 5.32 Å². The molecule has 1 N–H and O–H groups in total. The van der Waals surface area contributed by atoms with Gasteiger partial charge in [-0.2, -0.15) is 0 Å². The van der Waals surface area contributed by atoms with E-state index in [1.165, 1.54) is 4.21 Å². The molecule has 12 heavy (non-hydrogen) atoms. The van der Waals surface area contributed by atoms with E-state index in [1.807, 2.05) is 17.8 Å². The van der Waals surface area contributed by atoms with E-state index in [-0.39, 0.29) is 0 Å². The van der Waals surface area contributed by atoms with Gasteiger partial charge in [-0.1, -0.05) is 12.1 Å². The fourth-order valence-electron chi connectivity index (χ4n) is 0.774. The summed E-state index contributed by atoms with van der Waals surface area (Å²) in [5, 5.41) is 5.37. The highest BCUT2D eigenvalue weighted by molar-refractivity contribution is 8.01. The van der Waals surface area contributed by atoms with Crippen molar-refractivity contribution in [2.75, 3.05) is 18.8 Å². The lowest BCUT2D eigenvalue weighted by Crippen LogP contribution is -2.16. The molecule has 0 aliphatic heterocycles. The molecule has 0 spiro atoms. The lowest BCUT2D eigenvalue weighted by Gasteiger charge is -1.99. The molecule has 0 saturated heterocycles. The fourth-order valence-corrected chi connectivity index (χ4v) is 2.53. The summed E-state index contributed by atoms with van der Waals surface area (Å²) in [5.74, 6) is 1.13. The number of hydrogen-bond acceptors (Lipinski definition) is 3. The van der Waals surface area contributed by atoms with Crippen LogP contribution in [-0.4, -0.2) is 18.8 Å². The first-order valence-corrected chi connectivity index (χ1v) is 5.78. The second-order valence-corrected chi connectivity index (χ2v) is 4.62. The molecule has 0 aliphatic carbocycles. The molecule has 1 nitrogen and oxygen atoms in total. The Balaban J connectivity index is 2.00. The minimum Gasteiger partial charge on any atom is -0.312 e. The highest BCUT2D eigenvalue weighted by Gasteiger charge is 1.92. The number of thiophene rings is 1. The Morgan fingerprint density at radius 3 is 3.25 bits per heavy atom. The smallest absolute Gasteiger partial charge is 0.0598 e. The number of nitrogens with one attached hydrogen (secondary N) is 1. The van der Waals surface area contributed by atoms with Crippen LogP contribution in [0.2, 0.25) is 0 Å². The van der Waals surface area contributed by atoms with Gasteiger partial charge in [-0.3, -0.25) is 0 Å². The van der Waals surface area contributed by atoms with E-state index in [4.69, 9.17) is 0 Å². The van der Waals surface area contributed by atoms with Gasteiger partial charge in [-0.15, -0.1) is 29.7 Å². The molecular weight excluding hydrogens is 186 g/mol. The van der Waals surface area contributed by atoms with E-state index in [9.17, 15) is 0 Å². The van der Waals surface area contributed by atoms with Gasteiger partial charge in [0, 0.05) is 18.8 Å². The van der Waals surface area contributed by atoms with Crippen molar-refractivity contribution in [3.05, 3.63) is 30.2 Å². The van der Waals surface area contributed by atoms with Gasteiger partial charge < -0.3 is 5.32 Å². The predicted molar refractivity (Wildman–Crippen MR) is 58.1 cm³/mol. The van der Waals surface area contributed by atoms with Crippen LogP contribution in [0.25, 0.3) is 0 Å². The lowest BCUT2D eigenvalue weighted by molar-refractivity contribution is 0.807. The quantitative estimate of drug-likeness (QED) is 0.429. The van der Waals surface area contributed by atoms with Crippen LogP contribution in [0.5, 0.6) is 0 Å². The Bertz CT molecular complexity index is 206. The highest BCUT2D eigenvalue weighted by atomic mass is 32.2. The Hall–Kier alpha value is -0.250. The monoisotopic (exact) mass is 199 g/mol. The highest BCUT2D eigenvalue weighted by Crippen LogP contribution is 2.22. The number of hydrogen-bond donors (Lipinski definition) is 1. The first-order chi connectivity index (χ1) is 5.93. The minimum absolute atomic E-state index is 0.908. The van der Waals surface area contributed by atoms with Crippen molar-refractivity contribution in [1.29, 1.82) is 0 Å². The third kappa shape index (κ3) is 3.95. The standard InChI is InChI=1S/C9H13NS2/c1-2-5-10-6-8-12-9-4-3-7-11-9/h2-4,7,10H,1,5-6,8H2. The predicted octanol–water partition coefficient (Wildman–Crippen LogP) is 2.62. The summed E-state index contributed by atoms with van der Waals surface area (Å²) in [6.07, 6.45) is 1.88. The van der Waals surface area contributed by atoms with E-state index in [0.717, 1.165) is 18.8 Å². The molecule has 1 aromatic heterocycles. The van der Waals surface area contributed by atoms with Gasteiger partial charge in [-0.25, -0.2) is 0 Å². The molecule has 1 heterocycles. The van der Waals surface area contributed by atoms with E-state index >= 15 is 0 Å². The van der Waals surface area contributed by atoms with Gasteiger partial charge in [0.25, 0.3) is 0 Å². The molecule has 0 aromatic carbocycles. The van der Waals surface area contributed by atoms with Gasteiger partial charge in [-0.05, 0) is 11.4 Å². The maximum Gasteiger partial charge on any atom is 0.0598 e. The number of rotatable bonds is 6. The SMILES string of the molecule is C=CCNCCSc1cccs1. The summed E-state index contributed by atoms with van der Waals surface area (Å²) in [4.78, 5) is 0. The Morgan fingerprint density at radius 2 is 2.58 bits per heavy atom. The van der Waals surface area contributed by atoms with E-state index in [2.05, 4.69) is 29.4 Å². The minimum atomic E-state index is 0.908. The third-order valence-electron chi connectivity index (χ3n) is 1.31. The van der Waals surface area contributed by atoms with Gasteiger partial charge >= 0.3 is 0 Å². The van der Waals surface area contributed by atoms with Gasteiger partial charge in [0.15, 0.2) is 0 Å². The maximum atomic E-state index is 3.64. The van der Waals surface area contributed by atoms with Crippen LogP contribution in [0.4, 0.5) is 0 Å². The molecule has 66 valence electrons. The molecular formula is C9H13NS2. The summed E-state index contributed by atoms with van der Waals surface area (Å²) in [7, 11) is 0. The Labute approximate surface area is 81.9 Å². The topological polar surface area (TPSA) is 12.0 Å². The summed E-state index contributed by atoms with van der Waals surface area (Å²) >= 11 is 3.70. The van der Waals surface area contributed by atoms with E-state index < -0.39 is 0 Å². The van der Waals surface area contributed by atoms with Crippen molar-refractivity contribution < 1.29 is 0 Å². The number of thioether (sulfide) groups is 1. The van der Waals surface area contributed by atoms with Crippen LogP contribution in [0.15, 0.2) is 34.4 Å². The maximum absolute atomic E-state index is 3.64. The van der Waals surface area contributed by atoms with Crippen molar-refractivity contribution in [3.63, 3.8) is 0 Å². The van der Waals surface area contributed by atoms with Crippen molar-refractivity contribution in [1.82, 2.24) is 5.32 Å². The zero-order valence-corrected chi connectivity index (χ0v) is 8.59. The van der Waals surface area contributed by atoms with Crippen LogP contribution in [-0.2, 0) is 0 Å². The molecule has 1 aromatic rings. The fraction of sp³-hybridized carbons (Fsp3) is 0.333. The molecule has 0 fully saturated rings. The van der Waals surface area contributed by atoms with Crippen LogP contribution in [0.3, 0.4) is 0 Å². The van der Waals surface area contributed by atoms with Gasteiger partial charge in [0.1, 0.15) is 0 Å². The van der Waals surface area contributed by atoms with E-state index in [0.29, 0.717) is 0 Å². The van der Waals surface area contributed by atoms with Crippen LogP contribution in [0.1, 0.15) is 0 Å². The van der Waals surface area contributed by atoms with Crippen molar-refractivity contribution >= 4 is 23.1 Å². The van der Waals surface area contributed by atoms with Gasteiger partial charge in [0.05, 0.1) is 4.21 Å². The second kappa shape index (κ2) is 6.29. The Kier molecular flexibility index (Phi) is 5.15. The molecule has 0 saturated carbocycles. The van der Waals surface area contributed by atoms with Crippen LogP contribution >= 0.6 is 23.1 Å². The average molecular weight is 199 g/mol. The molecule has 0 aliphatic rings. The zero-order valence-electron chi connectivity index (χ0n) is 6.95. The summed E-state index contributed by atoms with van der Waals surface area (Å²) < 4.78 is 1.40. The third-order valence-corrected chi connectivity index (χ3v) is 3.44. The normalized spacial score (nSPS) is 10.0. The van der Waals surface area contributed by atoms with Crippen molar-refractivity contribution in [2.45, 2.75) is 4.21 Å². The lowest BCUT2D eigenvalue weighted by atomic mass is 10.6. The molecule has 3 heteroatoms. The first-order valence-electron chi connectivity index (χ1n) is 3.91. The van der Waals surface area contributed by atoms with Crippen molar-refractivity contribution in [2.24, 2.45) is 0 Å². The second-order valence-electron chi connectivity index (χ2n) is 2.27.